The second-order valence-electron chi connectivity index (χ2n) is 6.51. The quantitative estimate of drug-likeness (QED) is 0.608. The Morgan fingerprint density at radius 2 is 1.38 bits per heavy atom. The van der Waals surface area contributed by atoms with E-state index in [1.54, 1.807) is 0 Å². The van der Waals surface area contributed by atoms with Gasteiger partial charge in [0.2, 0.25) is 0 Å². The molecule has 0 radical (unpaired) electrons. The van der Waals surface area contributed by atoms with Crippen LogP contribution in [0.15, 0.2) is 0 Å². The van der Waals surface area contributed by atoms with Crippen molar-refractivity contribution in [1.82, 2.24) is 5.32 Å². The zero-order valence-corrected chi connectivity index (χ0v) is 10.1. The Morgan fingerprint density at radius 1 is 0.923 bits per heavy atom. The molecule has 1 aliphatic heterocycles. The lowest BCUT2D eigenvalue weighted by molar-refractivity contribution is -0.0119. The van der Waals surface area contributed by atoms with Crippen LogP contribution in [-0.4, -0.2) is 13.1 Å². The Balaban J connectivity index is 3.02. The maximum absolute atomic E-state index is 3.53. The van der Waals surface area contributed by atoms with E-state index in [1.807, 2.05) is 0 Å². The zero-order valence-electron chi connectivity index (χ0n) is 10.1. The lowest BCUT2D eigenvalue weighted by Gasteiger charge is -2.51. The molecule has 0 bridgehead atoms. The summed E-state index contributed by atoms with van der Waals surface area (Å²) in [6, 6.07) is 0. The third-order valence-electron chi connectivity index (χ3n) is 4.03. The predicted octanol–water partition coefficient (Wildman–Crippen LogP) is 3.06. The first-order chi connectivity index (χ1) is 5.71. The summed E-state index contributed by atoms with van der Waals surface area (Å²) in [7, 11) is 0. The van der Waals surface area contributed by atoms with Crippen LogP contribution in [0.3, 0.4) is 0 Å². The van der Waals surface area contributed by atoms with E-state index >= 15 is 0 Å². The van der Waals surface area contributed by atoms with Crippen molar-refractivity contribution in [2.75, 3.05) is 13.1 Å². The van der Waals surface area contributed by atoms with E-state index in [9.17, 15) is 0 Å². The van der Waals surface area contributed by atoms with Gasteiger partial charge < -0.3 is 5.32 Å². The maximum atomic E-state index is 3.53. The van der Waals surface area contributed by atoms with E-state index in [4.69, 9.17) is 0 Å². The monoisotopic (exact) mass is 183 g/mol. The Labute approximate surface area is 83.3 Å². The van der Waals surface area contributed by atoms with Crippen molar-refractivity contribution in [1.29, 1.82) is 0 Å². The summed E-state index contributed by atoms with van der Waals surface area (Å²) in [5.41, 5.74) is 1.25. The lowest BCUT2D eigenvalue weighted by atomic mass is 9.54. The first-order valence-corrected chi connectivity index (χ1v) is 5.41. The molecule has 0 amide bonds. The van der Waals surface area contributed by atoms with E-state index < -0.39 is 0 Å². The minimum atomic E-state index is 0.398. The minimum absolute atomic E-state index is 0.398. The highest BCUT2D eigenvalue weighted by Crippen LogP contribution is 2.54. The maximum Gasteiger partial charge on any atom is 0.00183 e. The van der Waals surface area contributed by atoms with Crippen molar-refractivity contribution in [2.24, 2.45) is 16.2 Å². The molecule has 0 atom stereocenters. The summed E-state index contributed by atoms with van der Waals surface area (Å²) in [5, 5.41) is 3.53. The summed E-state index contributed by atoms with van der Waals surface area (Å²) >= 11 is 0. The van der Waals surface area contributed by atoms with Crippen LogP contribution in [0.1, 0.15) is 48.0 Å². The first kappa shape index (κ1) is 11.0. The molecule has 78 valence electrons. The van der Waals surface area contributed by atoms with Gasteiger partial charge in [0.25, 0.3) is 0 Å². The Morgan fingerprint density at radius 3 is 1.54 bits per heavy atom. The van der Waals surface area contributed by atoms with E-state index in [-0.39, 0.29) is 0 Å². The van der Waals surface area contributed by atoms with Crippen molar-refractivity contribution in [2.45, 2.75) is 48.0 Å². The molecule has 1 N–H and O–H groups in total. The largest absolute Gasteiger partial charge is 0.316 e. The van der Waals surface area contributed by atoms with Gasteiger partial charge in [-0.25, -0.2) is 0 Å². The summed E-state index contributed by atoms with van der Waals surface area (Å²) in [5.74, 6) is 0. The van der Waals surface area contributed by atoms with Gasteiger partial charge in [-0.3, -0.25) is 0 Å². The highest BCUT2D eigenvalue weighted by atomic mass is 14.9. The smallest absolute Gasteiger partial charge is 0.00183 e. The normalized spacial score (nSPS) is 23.5. The molecule has 1 heteroatoms. The molecule has 1 saturated heterocycles. The predicted molar refractivity (Wildman–Crippen MR) is 58.8 cm³/mol. The van der Waals surface area contributed by atoms with E-state index in [1.165, 1.54) is 19.5 Å². The second-order valence-corrected chi connectivity index (χ2v) is 6.51. The van der Waals surface area contributed by atoms with Crippen molar-refractivity contribution in [3.8, 4) is 0 Å². The van der Waals surface area contributed by atoms with Crippen LogP contribution in [0.5, 0.6) is 0 Å². The summed E-state index contributed by atoms with van der Waals surface area (Å²) in [6.45, 7) is 16.7. The SMILES string of the molecule is CC(C)(C)C1(C(C)(C)C)CCNC1. The number of rotatable bonds is 0. The number of hydrogen-bond acceptors (Lipinski definition) is 1. The molecule has 0 aromatic heterocycles. The van der Waals surface area contributed by atoms with Crippen LogP contribution in [0, 0.1) is 16.2 Å². The minimum Gasteiger partial charge on any atom is -0.316 e. The second kappa shape index (κ2) is 2.98. The molecule has 0 aromatic rings. The molecule has 1 aliphatic rings. The molecule has 0 aromatic carbocycles. The average molecular weight is 183 g/mol. The molecule has 0 saturated carbocycles. The van der Waals surface area contributed by atoms with Gasteiger partial charge in [0, 0.05) is 6.54 Å². The molecular formula is C12H25N. The third-order valence-corrected chi connectivity index (χ3v) is 4.03. The Bertz CT molecular complexity index is 158. The molecule has 1 rings (SSSR count). The van der Waals surface area contributed by atoms with Gasteiger partial charge in [-0.15, -0.1) is 0 Å². The van der Waals surface area contributed by atoms with Crippen LogP contribution < -0.4 is 5.32 Å². The molecule has 0 spiro atoms. The molecule has 13 heavy (non-hydrogen) atoms. The number of nitrogens with one attached hydrogen (secondary N) is 1. The molecule has 1 heterocycles. The highest BCUT2D eigenvalue weighted by Gasteiger charge is 2.51. The van der Waals surface area contributed by atoms with Gasteiger partial charge in [0.15, 0.2) is 0 Å². The summed E-state index contributed by atoms with van der Waals surface area (Å²) in [6.07, 6.45) is 1.32. The molecule has 1 fully saturated rings. The van der Waals surface area contributed by atoms with Gasteiger partial charge in [-0.2, -0.15) is 0 Å². The Hall–Kier alpha value is -0.0400. The van der Waals surface area contributed by atoms with Crippen LogP contribution >= 0.6 is 0 Å². The van der Waals surface area contributed by atoms with Crippen molar-refractivity contribution in [3.63, 3.8) is 0 Å². The topological polar surface area (TPSA) is 12.0 Å². The van der Waals surface area contributed by atoms with Gasteiger partial charge in [0.1, 0.15) is 0 Å². The fourth-order valence-corrected chi connectivity index (χ4v) is 3.10. The standard InChI is InChI=1S/C12H25N/c1-10(2,3)12(11(4,5)6)7-8-13-9-12/h13H,7-9H2,1-6H3. The third kappa shape index (κ3) is 1.63. The van der Waals surface area contributed by atoms with Crippen LogP contribution in [-0.2, 0) is 0 Å². The zero-order chi connectivity index (χ0) is 10.3. The molecule has 1 nitrogen and oxygen atoms in total. The number of hydrogen-bond donors (Lipinski definition) is 1. The Kier molecular flexibility index (Phi) is 2.53. The van der Waals surface area contributed by atoms with Gasteiger partial charge >= 0.3 is 0 Å². The fraction of sp³-hybridized carbons (Fsp3) is 1.00. The molecule has 0 unspecified atom stereocenters. The fourth-order valence-electron chi connectivity index (χ4n) is 3.10. The van der Waals surface area contributed by atoms with E-state index in [0.29, 0.717) is 16.2 Å². The van der Waals surface area contributed by atoms with Crippen LogP contribution in [0.25, 0.3) is 0 Å². The van der Waals surface area contributed by atoms with Crippen molar-refractivity contribution >= 4 is 0 Å². The molecular weight excluding hydrogens is 158 g/mol. The average Bonchev–Trinajstić information content (AvgIpc) is 2.28. The first-order valence-electron chi connectivity index (χ1n) is 5.41. The summed E-state index contributed by atoms with van der Waals surface area (Å²) < 4.78 is 0. The van der Waals surface area contributed by atoms with Gasteiger partial charge in [-0.1, -0.05) is 41.5 Å². The van der Waals surface area contributed by atoms with E-state index in [0.717, 1.165) is 0 Å². The van der Waals surface area contributed by atoms with E-state index in [2.05, 4.69) is 46.9 Å². The van der Waals surface area contributed by atoms with Gasteiger partial charge in [-0.05, 0) is 29.2 Å². The highest BCUT2D eigenvalue weighted by molar-refractivity contribution is 5.03. The van der Waals surface area contributed by atoms with Crippen molar-refractivity contribution < 1.29 is 0 Å². The lowest BCUT2D eigenvalue weighted by Crippen LogP contribution is -2.47. The summed E-state index contributed by atoms with van der Waals surface area (Å²) in [4.78, 5) is 0. The van der Waals surface area contributed by atoms with Gasteiger partial charge in [0.05, 0.1) is 0 Å². The van der Waals surface area contributed by atoms with Crippen LogP contribution in [0.4, 0.5) is 0 Å². The molecule has 0 aliphatic carbocycles. The van der Waals surface area contributed by atoms with Crippen LogP contribution in [0.2, 0.25) is 0 Å². The van der Waals surface area contributed by atoms with Crippen molar-refractivity contribution in [3.05, 3.63) is 0 Å².